The lowest BCUT2D eigenvalue weighted by molar-refractivity contribution is -0.139. The van der Waals surface area contributed by atoms with E-state index in [-0.39, 0.29) is 28.9 Å². The fraction of sp³-hybridized carbons (Fsp3) is 0.462. The van der Waals surface area contributed by atoms with Crippen molar-refractivity contribution >= 4 is 11.7 Å². The number of benzene rings is 1. The van der Waals surface area contributed by atoms with E-state index in [1.807, 2.05) is 6.92 Å². The van der Waals surface area contributed by atoms with Crippen LogP contribution in [0.15, 0.2) is 12.1 Å². The summed E-state index contributed by atoms with van der Waals surface area (Å²) in [5.41, 5.74) is -0.00880. The topological polar surface area (TPSA) is 101 Å². The minimum Gasteiger partial charge on any atom is -0.508 e. The molecule has 6 heteroatoms. The lowest BCUT2D eigenvalue weighted by Gasteiger charge is -2.31. The number of nitrogens with zero attached hydrogens (tertiary/aromatic N) is 1. The number of carboxylic acids is 1. The number of phenolic OH excluding ortho intramolecular Hbond substituents is 3. The van der Waals surface area contributed by atoms with Gasteiger partial charge in [-0.3, -0.25) is 0 Å². The van der Waals surface area contributed by atoms with Crippen molar-refractivity contribution in [3.8, 4) is 17.2 Å². The summed E-state index contributed by atoms with van der Waals surface area (Å²) < 4.78 is 0. The molecular weight excluding hydrogens is 250 g/mol. The number of aliphatic carboxylic acids is 1. The molecule has 2 unspecified atom stereocenters. The van der Waals surface area contributed by atoms with Gasteiger partial charge in [0, 0.05) is 19.2 Å². The lowest BCUT2D eigenvalue weighted by Crippen LogP contribution is -2.43. The standard InChI is InChI=1S/C13H19NO5/c1-4-7(2)11(13(18)19)14(3)12-9(16)5-8(15)6-10(12)17/h5-7,11,15-17H,4H2,1-3H3,(H,18,19). The van der Waals surface area contributed by atoms with E-state index in [1.165, 1.54) is 11.9 Å². The number of carbonyl (C=O) groups is 1. The highest BCUT2D eigenvalue weighted by molar-refractivity contribution is 5.81. The van der Waals surface area contributed by atoms with E-state index in [1.54, 1.807) is 6.92 Å². The number of likely N-dealkylation sites (N-methyl/N-ethyl adjacent to an activating group) is 1. The van der Waals surface area contributed by atoms with Gasteiger partial charge in [-0.15, -0.1) is 0 Å². The van der Waals surface area contributed by atoms with E-state index < -0.39 is 12.0 Å². The van der Waals surface area contributed by atoms with E-state index in [4.69, 9.17) is 0 Å². The summed E-state index contributed by atoms with van der Waals surface area (Å²) >= 11 is 0. The van der Waals surface area contributed by atoms with Crippen LogP contribution < -0.4 is 4.90 Å². The van der Waals surface area contributed by atoms with Gasteiger partial charge in [-0.05, 0) is 5.92 Å². The van der Waals surface area contributed by atoms with Gasteiger partial charge in [0.2, 0.25) is 0 Å². The van der Waals surface area contributed by atoms with Gasteiger partial charge < -0.3 is 25.3 Å². The molecular formula is C13H19NO5. The van der Waals surface area contributed by atoms with Crippen LogP contribution in [0.4, 0.5) is 5.69 Å². The predicted octanol–water partition coefficient (Wildman–Crippen LogP) is 1.74. The van der Waals surface area contributed by atoms with Crippen molar-refractivity contribution in [1.29, 1.82) is 0 Å². The lowest BCUT2D eigenvalue weighted by atomic mass is 9.97. The summed E-state index contributed by atoms with van der Waals surface area (Å²) in [6, 6.07) is 1.23. The summed E-state index contributed by atoms with van der Waals surface area (Å²) in [6.07, 6.45) is 0.640. The maximum Gasteiger partial charge on any atom is 0.326 e. The average molecular weight is 269 g/mol. The third-order valence-corrected chi connectivity index (χ3v) is 3.26. The Bertz CT molecular complexity index is 451. The van der Waals surface area contributed by atoms with Crippen molar-refractivity contribution < 1.29 is 25.2 Å². The van der Waals surface area contributed by atoms with E-state index in [9.17, 15) is 25.2 Å². The van der Waals surface area contributed by atoms with Crippen molar-refractivity contribution in [1.82, 2.24) is 0 Å². The molecule has 0 spiro atoms. The number of aromatic hydroxyl groups is 3. The number of phenols is 3. The molecule has 1 rings (SSSR count). The van der Waals surface area contributed by atoms with Crippen molar-refractivity contribution in [2.75, 3.05) is 11.9 Å². The molecule has 0 aliphatic heterocycles. The van der Waals surface area contributed by atoms with Crippen LogP contribution in [0.25, 0.3) is 0 Å². The molecule has 0 aliphatic rings. The summed E-state index contributed by atoms with van der Waals surface area (Å²) in [5.74, 6) is -2.23. The minimum atomic E-state index is -1.04. The van der Waals surface area contributed by atoms with Crippen LogP contribution in [-0.4, -0.2) is 39.5 Å². The average Bonchev–Trinajstić information content (AvgIpc) is 2.26. The predicted molar refractivity (Wildman–Crippen MR) is 70.7 cm³/mol. The summed E-state index contributed by atoms with van der Waals surface area (Å²) in [6.45, 7) is 3.65. The molecule has 19 heavy (non-hydrogen) atoms. The Hall–Kier alpha value is -2.11. The van der Waals surface area contributed by atoms with E-state index in [2.05, 4.69) is 0 Å². The van der Waals surface area contributed by atoms with Crippen LogP contribution in [0.1, 0.15) is 20.3 Å². The number of hydrogen-bond donors (Lipinski definition) is 4. The first-order chi connectivity index (χ1) is 8.79. The van der Waals surface area contributed by atoms with Crippen molar-refractivity contribution in [2.24, 2.45) is 5.92 Å². The zero-order chi connectivity index (χ0) is 14.7. The first-order valence-corrected chi connectivity index (χ1v) is 6.00. The molecule has 2 atom stereocenters. The van der Waals surface area contributed by atoms with Gasteiger partial charge >= 0.3 is 5.97 Å². The van der Waals surface area contributed by atoms with E-state index >= 15 is 0 Å². The third-order valence-electron chi connectivity index (χ3n) is 3.26. The SMILES string of the molecule is CCC(C)C(C(=O)O)N(C)c1c(O)cc(O)cc1O. The Labute approximate surface area is 111 Å². The van der Waals surface area contributed by atoms with Crippen molar-refractivity contribution in [3.63, 3.8) is 0 Å². The van der Waals surface area contributed by atoms with Crippen LogP contribution in [0.3, 0.4) is 0 Å². The summed E-state index contributed by atoms with van der Waals surface area (Å²) in [5, 5.41) is 38.1. The van der Waals surface area contributed by atoms with Gasteiger partial charge in [-0.1, -0.05) is 20.3 Å². The second-order valence-electron chi connectivity index (χ2n) is 4.61. The Balaban J connectivity index is 3.24. The van der Waals surface area contributed by atoms with Crippen LogP contribution >= 0.6 is 0 Å². The summed E-state index contributed by atoms with van der Waals surface area (Å²) in [4.78, 5) is 12.7. The molecule has 1 aromatic carbocycles. The number of hydrogen-bond acceptors (Lipinski definition) is 5. The molecule has 4 N–H and O–H groups in total. The molecule has 6 nitrogen and oxygen atoms in total. The molecule has 0 aromatic heterocycles. The maximum absolute atomic E-state index is 11.3. The highest BCUT2D eigenvalue weighted by Crippen LogP contribution is 2.40. The van der Waals surface area contributed by atoms with E-state index in [0.29, 0.717) is 6.42 Å². The molecule has 0 heterocycles. The molecule has 0 amide bonds. The highest BCUT2D eigenvalue weighted by atomic mass is 16.4. The van der Waals surface area contributed by atoms with E-state index in [0.717, 1.165) is 12.1 Å². The van der Waals surface area contributed by atoms with Gasteiger partial charge in [-0.2, -0.15) is 0 Å². The van der Waals surface area contributed by atoms with Crippen LogP contribution in [0.2, 0.25) is 0 Å². The second kappa shape index (κ2) is 5.69. The quantitative estimate of drug-likeness (QED) is 0.649. The van der Waals surface area contributed by atoms with Crippen molar-refractivity contribution in [3.05, 3.63) is 12.1 Å². The van der Waals surface area contributed by atoms with Crippen LogP contribution in [0, 0.1) is 5.92 Å². The summed E-state index contributed by atoms with van der Waals surface area (Å²) in [7, 11) is 1.48. The normalized spacial score (nSPS) is 13.8. The van der Waals surface area contributed by atoms with Crippen molar-refractivity contribution in [2.45, 2.75) is 26.3 Å². The van der Waals surface area contributed by atoms with Gasteiger partial charge in [0.25, 0.3) is 0 Å². The fourth-order valence-electron chi connectivity index (χ4n) is 2.10. The smallest absolute Gasteiger partial charge is 0.326 e. The molecule has 0 saturated heterocycles. The van der Waals surface area contributed by atoms with Gasteiger partial charge in [-0.25, -0.2) is 4.79 Å². The van der Waals surface area contributed by atoms with Gasteiger partial charge in [0.15, 0.2) is 0 Å². The molecule has 1 aromatic rings. The largest absolute Gasteiger partial charge is 0.508 e. The zero-order valence-corrected chi connectivity index (χ0v) is 11.2. The molecule has 0 fully saturated rings. The molecule has 106 valence electrons. The minimum absolute atomic E-state index is 0.00880. The van der Waals surface area contributed by atoms with Gasteiger partial charge in [0.05, 0.1) is 0 Å². The Morgan fingerprint density at radius 2 is 1.74 bits per heavy atom. The first kappa shape index (κ1) is 14.9. The Morgan fingerprint density at radius 3 is 2.11 bits per heavy atom. The monoisotopic (exact) mass is 269 g/mol. The molecule has 0 radical (unpaired) electrons. The van der Waals surface area contributed by atoms with Crippen LogP contribution in [-0.2, 0) is 4.79 Å². The van der Waals surface area contributed by atoms with Gasteiger partial charge in [0.1, 0.15) is 29.0 Å². The fourth-order valence-corrected chi connectivity index (χ4v) is 2.10. The Kier molecular flexibility index (Phi) is 4.47. The maximum atomic E-state index is 11.3. The third kappa shape index (κ3) is 3.01. The number of anilines is 1. The van der Waals surface area contributed by atoms with Crippen LogP contribution in [0.5, 0.6) is 17.2 Å². The molecule has 0 bridgehead atoms. The Morgan fingerprint density at radius 1 is 1.26 bits per heavy atom. The second-order valence-corrected chi connectivity index (χ2v) is 4.61. The molecule has 0 aliphatic carbocycles. The zero-order valence-electron chi connectivity index (χ0n) is 11.2. The molecule has 0 saturated carbocycles. The highest BCUT2D eigenvalue weighted by Gasteiger charge is 2.31. The first-order valence-electron chi connectivity index (χ1n) is 6.00. The number of rotatable bonds is 5. The number of carboxylic acid groups (broad SMARTS) is 1.